The van der Waals surface area contributed by atoms with Gasteiger partial charge in [0.05, 0.1) is 0 Å². The van der Waals surface area contributed by atoms with Crippen LogP contribution in [0.1, 0.15) is 13.3 Å². The van der Waals surface area contributed by atoms with Gasteiger partial charge in [0.25, 0.3) is 0 Å². The van der Waals surface area contributed by atoms with E-state index in [2.05, 4.69) is 33.7 Å². The second-order valence-electron chi connectivity index (χ2n) is 3.93. The maximum atomic E-state index is 4.31. The zero-order chi connectivity index (χ0) is 9.97. The first-order chi connectivity index (χ1) is 6.79. The van der Waals surface area contributed by atoms with Crippen molar-refractivity contribution in [3.63, 3.8) is 0 Å². The van der Waals surface area contributed by atoms with Gasteiger partial charge in [0, 0.05) is 31.5 Å². The van der Waals surface area contributed by atoms with Crippen LogP contribution in [0, 0.1) is 0 Å². The summed E-state index contributed by atoms with van der Waals surface area (Å²) in [4.78, 5) is 6.65. The first-order valence-electron chi connectivity index (χ1n) is 5.26. The number of likely N-dealkylation sites (N-methyl/N-ethyl adjacent to an activating group) is 1. The number of anilines is 1. The molecule has 0 radical (unpaired) electrons. The summed E-state index contributed by atoms with van der Waals surface area (Å²) in [6.45, 7) is 5.42. The van der Waals surface area contributed by atoms with E-state index in [1.54, 1.807) is 0 Å². The quantitative estimate of drug-likeness (QED) is 0.780. The largest absolute Gasteiger partial charge is 0.352 e. The molecule has 1 saturated heterocycles. The molecule has 1 aliphatic heterocycles. The second kappa shape index (κ2) is 4.00. The third kappa shape index (κ3) is 1.90. The number of hydrogen-bond acceptors (Lipinski definition) is 3. The highest BCUT2D eigenvalue weighted by Gasteiger charge is 2.20. The molecule has 1 aromatic heterocycles. The summed E-state index contributed by atoms with van der Waals surface area (Å²) >= 11 is 0. The van der Waals surface area contributed by atoms with Crippen molar-refractivity contribution in [1.82, 2.24) is 14.5 Å². The number of rotatable bonds is 3. The van der Waals surface area contributed by atoms with E-state index in [9.17, 15) is 0 Å². The Hall–Kier alpha value is -1.03. The minimum atomic E-state index is 0.563. The molecular formula is C10H18N4. The van der Waals surface area contributed by atoms with Crippen LogP contribution in [0.4, 0.5) is 5.95 Å². The van der Waals surface area contributed by atoms with Crippen molar-refractivity contribution in [3.05, 3.63) is 12.4 Å². The fourth-order valence-electron chi connectivity index (χ4n) is 1.94. The Kier molecular flexibility index (Phi) is 2.72. The van der Waals surface area contributed by atoms with E-state index in [-0.39, 0.29) is 0 Å². The van der Waals surface area contributed by atoms with Gasteiger partial charge in [-0.1, -0.05) is 0 Å². The molecule has 1 N–H and O–H groups in total. The van der Waals surface area contributed by atoms with Gasteiger partial charge in [-0.15, -0.1) is 0 Å². The maximum absolute atomic E-state index is 4.31. The summed E-state index contributed by atoms with van der Waals surface area (Å²) in [5, 5.41) is 3.48. The number of imidazole rings is 1. The van der Waals surface area contributed by atoms with Crippen LogP contribution in [0.3, 0.4) is 0 Å². The second-order valence-corrected chi connectivity index (χ2v) is 3.93. The zero-order valence-electron chi connectivity index (χ0n) is 8.90. The van der Waals surface area contributed by atoms with Crippen LogP contribution in [0.25, 0.3) is 0 Å². The minimum Gasteiger partial charge on any atom is -0.352 e. The van der Waals surface area contributed by atoms with Crippen LogP contribution in [-0.2, 0) is 6.54 Å². The van der Waals surface area contributed by atoms with Crippen molar-refractivity contribution in [2.45, 2.75) is 25.9 Å². The molecule has 1 aromatic rings. The van der Waals surface area contributed by atoms with Crippen molar-refractivity contribution < 1.29 is 0 Å². The van der Waals surface area contributed by atoms with Crippen LogP contribution in [-0.4, -0.2) is 40.6 Å². The van der Waals surface area contributed by atoms with Crippen molar-refractivity contribution in [2.75, 3.05) is 25.5 Å². The van der Waals surface area contributed by atoms with Crippen LogP contribution in [0.5, 0.6) is 0 Å². The van der Waals surface area contributed by atoms with Crippen LogP contribution in [0.15, 0.2) is 12.4 Å². The molecule has 14 heavy (non-hydrogen) atoms. The average Bonchev–Trinajstić information content (AvgIpc) is 2.76. The molecule has 4 nitrogen and oxygen atoms in total. The molecule has 1 aliphatic rings. The van der Waals surface area contributed by atoms with Gasteiger partial charge in [-0.2, -0.15) is 0 Å². The van der Waals surface area contributed by atoms with E-state index in [1.165, 1.54) is 13.0 Å². The molecule has 0 bridgehead atoms. The Balaban J connectivity index is 1.97. The predicted octanol–water partition coefficient (Wildman–Crippen LogP) is 1.02. The average molecular weight is 194 g/mol. The lowest BCUT2D eigenvalue weighted by Crippen LogP contribution is -2.25. The first-order valence-corrected chi connectivity index (χ1v) is 5.26. The molecule has 4 heteroatoms. The lowest BCUT2D eigenvalue weighted by Gasteiger charge is -2.14. The summed E-state index contributed by atoms with van der Waals surface area (Å²) in [5.41, 5.74) is 0. The molecular weight excluding hydrogens is 176 g/mol. The van der Waals surface area contributed by atoms with Crippen molar-refractivity contribution in [3.8, 4) is 0 Å². The van der Waals surface area contributed by atoms with Crippen molar-refractivity contribution in [2.24, 2.45) is 0 Å². The molecule has 0 saturated carbocycles. The van der Waals surface area contributed by atoms with Crippen molar-refractivity contribution in [1.29, 1.82) is 0 Å². The van der Waals surface area contributed by atoms with E-state index >= 15 is 0 Å². The monoisotopic (exact) mass is 194 g/mol. The summed E-state index contributed by atoms with van der Waals surface area (Å²) in [6.07, 6.45) is 5.08. The third-order valence-electron chi connectivity index (χ3n) is 2.78. The molecule has 1 atom stereocenters. The zero-order valence-corrected chi connectivity index (χ0v) is 8.90. The Bertz CT molecular complexity index is 294. The summed E-state index contributed by atoms with van der Waals surface area (Å²) in [6, 6.07) is 0.563. The number of nitrogens with zero attached hydrogens (tertiary/aromatic N) is 3. The fourth-order valence-corrected chi connectivity index (χ4v) is 1.94. The molecule has 1 unspecified atom stereocenters. The maximum Gasteiger partial charge on any atom is 0.203 e. The number of hydrogen-bond donors (Lipinski definition) is 1. The third-order valence-corrected chi connectivity index (χ3v) is 2.78. The van der Waals surface area contributed by atoms with Gasteiger partial charge < -0.3 is 14.8 Å². The van der Waals surface area contributed by atoms with E-state index in [0.717, 1.165) is 19.0 Å². The summed E-state index contributed by atoms with van der Waals surface area (Å²) in [7, 11) is 2.16. The van der Waals surface area contributed by atoms with Gasteiger partial charge in [0.2, 0.25) is 5.95 Å². The molecule has 1 fully saturated rings. The number of nitrogens with one attached hydrogen (secondary N) is 1. The van der Waals surface area contributed by atoms with Crippen LogP contribution < -0.4 is 5.32 Å². The lowest BCUT2D eigenvalue weighted by atomic mass is 10.3. The van der Waals surface area contributed by atoms with Gasteiger partial charge >= 0.3 is 0 Å². The fraction of sp³-hybridized carbons (Fsp3) is 0.700. The van der Waals surface area contributed by atoms with E-state index in [1.807, 2.05) is 12.4 Å². The molecule has 0 amide bonds. The molecule has 0 spiro atoms. The van der Waals surface area contributed by atoms with Gasteiger partial charge in [-0.3, -0.25) is 0 Å². The normalized spacial score (nSPS) is 22.9. The standard InChI is InChI=1S/C10H18N4/c1-3-14-7-5-11-10(14)12-9-4-6-13(2)8-9/h5,7,9H,3-4,6,8H2,1-2H3,(H,11,12). The van der Waals surface area contributed by atoms with Crippen molar-refractivity contribution >= 4 is 5.95 Å². The van der Waals surface area contributed by atoms with E-state index in [4.69, 9.17) is 0 Å². The topological polar surface area (TPSA) is 33.1 Å². The minimum absolute atomic E-state index is 0.563. The molecule has 0 aromatic carbocycles. The Morgan fingerprint density at radius 3 is 3.14 bits per heavy atom. The number of aryl methyl sites for hydroxylation is 1. The highest BCUT2D eigenvalue weighted by atomic mass is 15.2. The van der Waals surface area contributed by atoms with E-state index in [0.29, 0.717) is 6.04 Å². The number of aromatic nitrogens is 2. The van der Waals surface area contributed by atoms with Crippen LogP contribution >= 0.6 is 0 Å². The molecule has 2 heterocycles. The first kappa shape index (κ1) is 9.52. The SMILES string of the molecule is CCn1ccnc1NC1CCN(C)C1. The lowest BCUT2D eigenvalue weighted by molar-refractivity contribution is 0.413. The Morgan fingerprint density at radius 2 is 2.50 bits per heavy atom. The smallest absolute Gasteiger partial charge is 0.203 e. The van der Waals surface area contributed by atoms with Gasteiger partial charge in [-0.25, -0.2) is 4.98 Å². The highest BCUT2D eigenvalue weighted by Crippen LogP contribution is 2.13. The summed E-state index contributed by atoms with van der Waals surface area (Å²) < 4.78 is 2.14. The predicted molar refractivity (Wildman–Crippen MR) is 57.4 cm³/mol. The van der Waals surface area contributed by atoms with Gasteiger partial charge in [0.15, 0.2) is 0 Å². The molecule has 0 aliphatic carbocycles. The number of likely N-dealkylation sites (tertiary alicyclic amines) is 1. The Morgan fingerprint density at radius 1 is 1.64 bits per heavy atom. The Labute approximate surface area is 84.9 Å². The van der Waals surface area contributed by atoms with E-state index < -0.39 is 0 Å². The van der Waals surface area contributed by atoms with Crippen LogP contribution in [0.2, 0.25) is 0 Å². The highest BCUT2D eigenvalue weighted by molar-refractivity contribution is 5.28. The molecule has 2 rings (SSSR count). The van der Waals surface area contributed by atoms with Gasteiger partial charge in [-0.05, 0) is 26.9 Å². The molecule has 78 valence electrons. The summed E-state index contributed by atoms with van der Waals surface area (Å²) in [5.74, 6) is 1.01. The van der Waals surface area contributed by atoms with Gasteiger partial charge in [0.1, 0.15) is 0 Å².